The number of aromatic nitrogens is 3. The number of rotatable bonds is 6. The minimum Gasteiger partial charge on any atom is -0.365 e. The second kappa shape index (κ2) is 7.09. The highest BCUT2D eigenvalue weighted by Gasteiger charge is 2.30. The van der Waals surface area contributed by atoms with Gasteiger partial charge in [-0.1, -0.05) is 13.5 Å². The third-order valence-electron chi connectivity index (χ3n) is 5.73. The maximum atomic E-state index is 12.2. The van der Waals surface area contributed by atoms with Gasteiger partial charge < -0.3 is 15.2 Å². The topological polar surface area (TPSA) is 73.9 Å². The number of H-pyrrole nitrogens is 1. The number of fused-ring (bicyclic) bond motifs is 1. The van der Waals surface area contributed by atoms with Gasteiger partial charge in [-0.3, -0.25) is 4.79 Å². The number of hydrogen-bond acceptors (Lipinski definition) is 4. The normalized spacial score (nSPS) is 23.2. The fourth-order valence-electron chi connectivity index (χ4n) is 4.08. The van der Waals surface area contributed by atoms with Crippen LogP contribution in [0.25, 0.3) is 11.0 Å². The molecule has 1 aliphatic heterocycles. The standard InChI is InChI=1S/C20H27N5O/c1-3-16-8-7-15(11-25(16)17(26)4-2)24-20-18-14(9-13-5-6-13)10-21-19(18)22-12-23-20/h4,10,12-13,15-16H,2-3,5-9,11H2,1H3,(H2,21,22,23,24)/t15-,16?/m1/s1. The molecule has 138 valence electrons. The Morgan fingerprint density at radius 1 is 1.38 bits per heavy atom. The van der Waals surface area contributed by atoms with Crippen LogP contribution in [0.3, 0.4) is 0 Å². The Labute approximate surface area is 154 Å². The molecular formula is C20H27N5O. The number of aromatic amines is 1. The smallest absolute Gasteiger partial charge is 0.246 e. The van der Waals surface area contributed by atoms with Crippen LogP contribution in [-0.4, -0.2) is 44.4 Å². The highest BCUT2D eigenvalue weighted by atomic mass is 16.2. The number of likely N-dealkylation sites (tertiary alicyclic amines) is 1. The molecule has 6 nitrogen and oxygen atoms in total. The highest BCUT2D eigenvalue weighted by Crippen LogP contribution is 2.36. The molecule has 2 aromatic heterocycles. The van der Waals surface area contributed by atoms with Gasteiger partial charge in [0.15, 0.2) is 0 Å². The van der Waals surface area contributed by atoms with Gasteiger partial charge in [0.1, 0.15) is 17.8 Å². The van der Waals surface area contributed by atoms with E-state index in [0.29, 0.717) is 12.6 Å². The lowest BCUT2D eigenvalue weighted by molar-refractivity contribution is -0.129. The number of carbonyl (C=O) groups excluding carboxylic acids is 1. The molecular weight excluding hydrogens is 326 g/mol. The SMILES string of the molecule is C=CC(=O)N1C[C@H](Nc2ncnc3[nH]cc(CC4CC4)c23)CCC1CC. The summed E-state index contributed by atoms with van der Waals surface area (Å²) < 4.78 is 0. The first-order chi connectivity index (χ1) is 12.7. The molecule has 0 radical (unpaired) electrons. The zero-order valence-electron chi connectivity index (χ0n) is 15.4. The van der Waals surface area contributed by atoms with Crippen molar-refractivity contribution in [3.05, 3.63) is 30.7 Å². The monoisotopic (exact) mass is 353 g/mol. The minimum atomic E-state index is 0.0206. The summed E-state index contributed by atoms with van der Waals surface area (Å²) in [7, 11) is 0. The lowest BCUT2D eigenvalue weighted by atomic mass is 9.96. The zero-order chi connectivity index (χ0) is 18.1. The second-order valence-corrected chi connectivity index (χ2v) is 7.58. The van der Waals surface area contributed by atoms with Crippen molar-refractivity contribution in [2.45, 2.75) is 57.5 Å². The molecule has 2 fully saturated rings. The van der Waals surface area contributed by atoms with Gasteiger partial charge in [0.2, 0.25) is 5.91 Å². The molecule has 1 aliphatic carbocycles. The van der Waals surface area contributed by atoms with Crippen molar-refractivity contribution < 1.29 is 4.79 Å². The van der Waals surface area contributed by atoms with Gasteiger partial charge in [-0.25, -0.2) is 9.97 Å². The van der Waals surface area contributed by atoms with Gasteiger partial charge in [0.05, 0.1) is 5.39 Å². The van der Waals surface area contributed by atoms with E-state index in [1.54, 1.807) is 6.33 Å². The number of nitrogens with zero attached hydrogens (tertiary/aromatic N) is 3. The van der Waals surface area contributed by atoms with E-state index in [2.05, 4.69) is 40.0 Å². The first-order valence-corrected chi connectivity index (χ1v) is 9.70. The molecule has 2 aliphatic rings. The summed E-state index contributed by atoms with van der Waals surface area (Å²) in [6.07, 6.45) is 11.9. The van der Waals surface area contributed by atoms with Crippen LogP contribution in [0.2, 0.25) is 0 Å². The molecule has 2 aromatic rings. The summed E-state index contributed by atoms with van der Waals surface area (Å²) in [6, 6.07) is 0.505. The van der Waals surface area contributed by atoms with Crippen molar-refractivity contribution in [2.75, 3.05) is 11.9 Å². The molecule has 0 aromatic carbocycles. The van der Waals surface area contributed by atoms with Gasteiger partial charge in [0.25, 0.3) is 0 Å². The third kappa shape index (κ3) is 3.32. The lowest BCUT2D eigenvalue weighted by Gasteiger charge is -2.39. The molecule has 1 amide bonds. The molecule has 3 heterocycles. The van der Waals surface area contributed by atoms with Crippen molar-refractivity contribution >= 4 is 22.8 Å². The summed E-state index contributed by atoms with van der Waals surface area (Å²) in [5.41, 5.74) is 2.19. The summed E-state index contributed by atoms with van der Waals surface area (Å²) in [6.45, 7) is 6.49. The van der Waals surface area contributed by atoms with Crippen LogP contribution < -0.4 is 5.32 Å². The maximum absolute atomic E-state index is 12.2. The van der Waals surface area contributed by atoms with Crippen molar-refractivity contribution in [1.82, 2.24) is 19.9 Å². The van der Waals surface area contributed by atoms with E-state index in [1.807, 2.05) is 4.90 Å². The molecule has 2 atom stereocenters. The van der Waals surface area contributed by atoms with Crippen molar-refractivity contribution in [2.24, 2.45) is 5.92 Å². The number of anilines is 1. The molecule has 0 bridgehead atoms. The number of carbonyl (C=O) groups is 1. The quantitative estimate of drug-likeness (QED) is 0.782. The number of amides is 1. The van der Waals surface area contributed by atoms with Gasteiger partial charge in [-0.2, -0.15) is 0 Å². The molecule has 6 heteroatoms. The molecule has 26 heavy (non-hydrogen) atoms. The summed E-state index contributed by atoms with van der Waals surface area (Å²) in [5.74, 6) is 1.72. The van der Waals surface area contributed by atoms with Crippen molar-refractivity contribution in [3.8, 4) is 0 Å². The number of hydrogen-bond donors (Lipinski definition) is 2. The van der Waals surface area contributed by atoms with E-state index in [-0.39, 0.29) is 11.9 Å². The average Bonchev–Trinajstić information content (AvgIpc) is 3.39. The summed E-state index contributed by atoms with van der Waals surface area (Å²) in [5, 5.41) is 4.71. The Morgan fingerprint density at radius 2 is 2.23 bits per heavy atom. The molecule has 1 saturated heterocycles. The van der Waals surface area contributed by atoms with Crippen LogP contribution in [-0.2, 0) is 11.2 Å². The first-order valence-electron chi connectivity index (χ1n) is 9.70. The Balaban J connectivity index is 1.55. The average molecular weight is 353 g/mol. The predicted octanol–water partition coefficient (Wildman–Crippen LogP) is 3.28. The largest absolute Gasteiger partial charge is 0.365 e. The van der Waals surface area contributed by atoms with Gasteiger partial charge in [-0.05, 0) is 56.1 Å². The lowest BCUT2D eigenvalue weighted by Crippen LogP contribution is -2.50. The van der Waals surface area contributed by atoms with E-state index >= 15 is 0 Å². The maximum Gasteiger partial charge on any atom is 0.246 e. The van der Waals surface area contributed by atoms with E-state index in [0.717, 1.165) is 48.5 Å². The van der Waals surface area contributed by atoms with Gasteiger partial charge >= 0.3 is 0 Å². The molecule has 4 rings (SSSR count). The molecule has 2 N–H and O–H groups in total. The van der Waals surface area contributed by atoms with Crippen LogP contribution in [0.5, 0.6) is 0 Å². The van der Waals surface area contributed by atoms with Gasteiger partial charge in [-0.15, -0.1) is 0 Å². The molecule has 1 saturated carbocycles. The zero-order valence-corrected chi connectivity index (χ0v) is 15.4. The van der Waals surface area contributed by atoms with Crippen molar-refractivity contribution in [3.63, 3.8) is 0 Å². The van der Waals surface area contributed by atoms with E-state index < -0.39 is 0 Å². The number of piperidine rings is 1. The molecule has 0 spiro atoms. The fraction of sp³-hybridized carbons (Fsp3) is 0.550. The predicted molar refractivity (Wildman–Crippen MR) is 103 cm³/mol. The highest BCUT2D eigenvalue weighted by molar-refractivity contribution is 5.90. The van der Waals surface area contributed by atoms with Crippen LogP contribution >= 0.6 is 0 Å². The van der Waals surface area contributed by atoms with Crippen LogP contribution in [0.15, 0.2) is 25.2 Å². The summed E-state index contributed by atoms with van der Waals surface area (Å²) >= 11 is 0. The Morgan fingerprint density at radius 3 is 2.96 bits per heavy atom. The van der Waals surface area contributed by atoms with E-state index in [9.17, 15) is 4.79 Å². The Hall–Kier alpha value is -2.37. The van der Waals surface area contributed by atoms with Gasteiger partial charge in [0, 0.05) is 24.8 Å². The molecule has 1 unspecified atom stereocenters. The fourth-order valence-corrected chi connectivity index (χ4v) is 4.08. The van der Waals surface area contributed by atoms with E-state index in [1.165, 1.54) is 24.5 Å². The number of nitrogens with one attached hydrogen (secondary N) is 2. The van der Waals surface area contributed by atoms with E-state index in [4.69, 9.17) is 0 Å². The third-order valence-corrected chi connectivity index (χ3v) is 5.73. The van der Waals surface area contributed by atoms with Crippen molar-refractivity contribution in [1.29, 1.82) is 0 Å². The Bertz CT molecular complexity index is 810. The Kier molecular flexibility index (Phi) is 4.66. The second-order valence-electron chi connectivity index (χ2n) is 7.58. The first kappa shape index (κ1) is 17.1. The summed E-state index contributed by atoms with van der Waals surface area (Å²) in [4.78, 5) is 26.4. The van der Waals surface area contributed by atoms with Crippen LogP contribution in [0.4, 0.5) is 5.82 Å². The van der Waals surface area contributed by atoms with Crippen LogP contribution in [0.1, 0.15) is 44.6 Å². The van der Waals surface area contributed by atoms with Crippen LogP contribution in [0, 0.1) is 5.92 Å². The minimum absolute atomic E-state index is 0.0206.